The molecule has 0 spiro atoms. The van der Waals surface area contributed by atoms with Crippen LogP contribution in [0.5, 0.6) is 5.75 Å². The van der Waals surface area contributed by atoms with Crippen LogP contribution in [0.25, 0.3) is 16.6 Å². The van der Waals surface area contributed by atoms with Crippen molar-refractivity contribution in [2.45, 2.75) is 64.3 Å². The lowest BCUT2D eigenvalue weighted by Crippen LogP contribution is -2.61. The maximum Gasteiger partial charge on any atom is 0.410 e. The lowest BCUT2D eigenvalue weighted by atomic mass is 9.92. The molecular weight excluding hydrogens is 566 g/mol. The summed E-state index contributed by atoms with van der Waals surface area (Å²) >= 11 is 0. The number of fused-ring (bicyclic) bond motifs is 3. The number of aromatic nitrogens is 5. The van der Waals surface area contributed by atoms with Crippen molar-refractivity contribution < 1.29 is 28.5 Å². The summed E-state index contributed by atoms with van der Waals surface area (Å²) in [5.41, 5.74) is 3.12. The predicted molar refractivity (Wildman–Crippen MR) is 160 cm³/mol. The summed E-state index contributed by atoms with van der Waals surface area (Å²) in [5, 5.41) is 7.69. The summed E-state index contributed by atoms with van der Waals surface area (Å²) in [5.74, 6) is 1.13. The number of aryl methyl sites for hydroxylation is 1. The van der Waals surface area contributed by atoms with E-state index in [0.717, 1.165) is 22.3 Å². The van der Waals surface area contributed by atoms with Gasteiger partial charge in [0.25, 0.3) is 0 Å². The lowest BCUT2D eigenvalue weighted by Gasteiger charge is -2.48. The number of nitrogens with one attached hydrogen (secondary N) is 1. The summed E-state index contributed by atoms with van der Waals surface area (Å²) < 4.78 is 24.5. The van der Waals surface area contributed by atoms with Gasteiger partial charge >= 0.3 is 12.1 Å². The van der Waals surface area contributed by atoms with Gasteiger partial charge in [-0.3, -0.25) is 9.88 Å². The molecular formula is C31H35N7O6. The predicted octanol–water partition coefficient (Wildman–Crippen LogP) is 4.57. The molecule has 0 aromatic carbocycles. The zero-order valence-corrected chi connectivity index (χ0v) is 25.3. The molecule has 6 rings (SSSR count). The molecule has 0 radical (unpaired) electrons. The summed E-state index contributed by atoms with van der Waals surface area (Å²) in [6.07, 6.45) is 7.27. The van der Waals surface area contributed by atoms with Gasteiger partial charge in [-0.15, -0.1) is 0 Å². The first-order valence-electron chi connectivity index (χ1n) is 14.5. The molecule has 13 heteroatoms. The number of carbonyl (C=O) groups excluding carboxylic acids is 2. The molecule has 2 aliphatic rings. The quantitative estimate of drug-likeness (QED) is 0.311. The van der Waals surface area contributed by atoms with Crippen LogP contribution in [-0.2, 0) is 14.2 Å². The number of nitrogens with zero attached hydrogens (tertiary/aromatic N) is 6. The lowest BCUT2D eigenvalue weighted by molar-refractivity contribution is -0.0993. The van der Waals surface area contributed by atoms with Crippen molar-refractivity contribution >= 4 is 29.2 Å². The zero-order valence-electron chi connectivity index (χ0n) is 25.3. The number of carbonyl (C=O) groups is 2. The van der Waals surface area contributed by atoms with Gasteiger partial charge < -0.3 is 24.3 Å². The molecule has 230 valence electrons. The molecule has 1 unspecified atom stereocenters. The van der Waals surface area contributed by atoms with Gasteiger partial charge in [-0.05, 0) is 51.5 Å². The molecule has 0 aliphatic carbocycles. The normalized spacial score (nSPS) is 19.8. The van der Waals surface area contributed by atoms with Crippen molar-refractivity contribution in [1.29, 1.82) is 0 Å². The number of pyridine rings is 2. The van der Waals surface area contributed by atoms with E-state index in [-0.39, 0.29) is 30.0 Å². The minimum atomic E-state index is -0.569. The molecule has 2 aliphatic heterocycles. The maximum absolute atomic E-state index is 13.0. The van der Waals surface area contributed by atoms with Crippen LogP contribution in [0.15, 0.2) is 49.1 Å². The van der Waals surface area contributed by atoms with Gasteiger partial charge in [0.05, 0.1) is 56.5 Å². The van der Waals surface area contributed by atoms with Crippen molar-refractivity contribution in [3.05, 3.63) is 60.4 Å². The Kier molecular flexibility index (Phi) is 7.80. The number of methoxy groups -OCH3 is 1. The van der Waals surface area contributed by atoms with Crippen molar-refractivity contribution in [2.24, 2.45) is 0 Å². The zero-order chi connectivity index (χ0) is 31.0. The fraction of sp³-hybridized carbons (Fsp3) is 0.419. The molecule has 4 aromatic rings. The van der Waals surface area contributed by atoms with E-state index >= 15 is 0 Å². The molecule has 3 atom stereocenters. The summed E-state index contributed by atoms with van der Waals surface area (Å²) in [6, 6.07) is 7.65. The third-order valence-electron chi connectivity index (χ3n) is 7.46. The molecule has 13 nitrogen and oxygen atoms in total. The smallest absolute Gasteiger partial charge is 0.410 e. The van der Waals surface area contributed by atoms with Crippen LogP contribution >= 0.6 is 0 Å². The van der Waals surface area contributed by atoms with Crippen molar-refractivity contribution in [3.63, 3.8) is 0 Å². The molecule has 44 heavy (non-hydrogen) atoms. The first-order chi connectivity index (χ1) is 21.1. The van der Waals surface area contributed by atoms with Gasteiger partial charge in [-0.25, -0.2) is 24.1 Å². The van der Waals surface area contributed by atoms with E-state index in [1.807, 2.05) is 63.1 Å². The van der Waals surface area contributed by atoms with E-state index in [2.05, 4.69) is 30.1 Å². The largest absolute Gasteiger partial charge is 0.488 e. The van der Waals surface area contributed by atoms with Gasteiger partial charge in [0.15, 0.2) is 11.5 Å². The number of morpholine rings is 1. The average molecular weight is 602 g/mol. The second-order valence-corrected chi connectivity index (χ2v) is 12.0. The van der Waals surface area contributed by atoms with Crippen LogP contribution in [0.2, 0.25) is 0 Å². The summed E-state index contributed by atoms with van der Waals surface area (Å²) in [6.45, 7) is 8.46. The van der Waals surface area contributed by atoms with Crippen LogP contribution in [0, 0.1) is 6.92 Å². The second kappa shape index (κ2) is 11.7. The van der Waals surface area contributed by atoms with Crippen molar-refractivity contribution in [2.75, 3.05) is 25.6 Å². The number of hydrogen-bond donors (Lipinski definition) is 1. The maximum atomic E-state index is 13.0. The highest BCUT2D eigenvalue weighted by Crippen LogP contribution is 2.36. The van der Waals surface area contributed by atoms with Crippen LogP contribution in [0.1, 0.15) is 49.8 Å². The van der Waals surface area contributed by atoms with Gasteiger partial charge in [0.1, 0.15) is 23.3 Å². The Morgan fingerprint density at radius 1 is 1.00 bits per heavy atom. The Morgan fingerprint density at radius 2 is 1.77 bits per heavy atom. The molecule has 1 N–H and O–H groups in total. The first-order valence-corrected chi connectivity index (χ1v) is 14.5. The van der Waals surface area contributed by atoms with Crippen LogP contribution in [0.3, 0.4) is 0 Å². The molecule has 1 amide bonds. The van der Waals surface area contributed by atoms with E-state index in [1.165, 1.54) is 19.5 Å². The molecule has 2 bridgehead atoms. The highest BCUT2D eigenvalue weighted by Gasteiger charge is 2.44. The van der Waals surface area contributed by atoms with Crippen LogP contribution in [0.4, 0.5) is 16.4 Å². The number of rotatable bonds is 6. The van der Waals surface area contributed by atoms with E-state index in [4.69, 9.17) is 14.2 Å². The number of amides is 1. The molecule has 2 saturated heterocycles. The third kappa shape index (κ3) is 6.27. The standard InChI is InChI=1S/C31H35N7O6/c1-18-8-24(19-6-7-37-20(9-19)12-27(36-37)35-28-15-33-25(13-34-28)29(39)41-5)26(14-32-18)43-23-10-21-16-42-17-22(11-23)38(21)30(40)44-31(2,3)4/h6-9,12-15,21-23H,10-11,16-17H2,1-5H3,(H,34,35,36)/t21-,22+,23?. The Labute approximate surface area is 254 Å². The Hall–Kier alpha value is -4.78. The topological polar surface area (TPSA) is 142 Å². The molecule has 4 aromatic heterocycles. The van der Waals surface area contributed by atoms with Crippen molar-refractivity contribution in [3.8, 4) is 16.9 Å². The Morgan fingerprint density at radius 3 is 2.45 bits per heavy atom. The highest BCUT2D eigenvalue weighted by atomic mass is 16.6. The van der Waals surface area contributed by atoms with E-state index < -0.39 is 11.6 Å². The van der Waals surface area contributed by atoms with Crippen LogP contribution < -0.4 is 10.1 Å². The summed E-state index contributed by atoms with van der Waals surface area (Å²) in [4.78, 5) is 39.3. The molecule has 2 fully saturated rings. The van der Waals surface area contributed by atoms with E-state index in [1.54, 1.807) is 10.7 Å². The summed E-state index contributed by atoms with van der Waals surface area (Å²) in [7, 11) is 1.29. The fourth-order valence-electron chi connectivity index (χ4n) is 5.58. The van der Waals surface area contributed by atoms with Crippen LogP contribution in [-0.4, -0.2) is 85.6 Å². The first kappa shape index (κ1) is 29.3. The Bertz CT molecular complexity index is 1670. The number of ether oxygens (including phenoxy) is 4. The van der Waals surface area contributed by atoms with Gasteiger partial charge in [-0.1, -0.05) is 0 Å². The minimum Gasteiger partial charge on any atom is -0.488 e. The minimum absolute atomic E-state index is 0.114. The Balaban J connectivity index is 1.20. The molecule has 6 heterocycles. The molecule has 0 saturated carbocycles. The average Bonchev–Trinajstić information content (AvgIpc) is 3.38. The van der Waals surface area contributed by atoms with Gasteiger partial charge in [0, 0.05) is 36.4 Å². The second-order valence-electron chi connectivity index (χ2n) is 12.0. The number of anilines is 2. The number of esters is 1. The van der Waals surface area contributed by atoms with Crippen molar-refractivity contribution in [1.82, 2.24) is 29.5 Å². The highest BCUT2D eigenvalue weighted by molar-refractivity contribution is 5.86. The monoisotopic (exact) mass is 601 g/mol. The number of piperidine rings is 1. The van der Waals surface area contributed by atoms with Gasteiger partial charge in [0.2, 0.25) is 0 Å². The van der Waals surface area contributed by atoms with E-state index in [0.29, 0.717) is 43.4 Å². The third-order valence-corrected chi connectivity index (χ3v) is 7.46. The fourth-order valence-corrected chi connectivity index (χ4v) is 5.58. The van der Waals surface area contributed by atoms with Gasteiger partial charge in [-0.2, -0.15) is 5.10 Å². The SMILES string of the molecule is COC(=O)c1cnc(Nc2cc3cc(-c4cc(C)ncc4OC4C[C@H]5COC[C@@H](C4)N5C(=O)OC(C)(C)C)ccn3n2)cn1. The number of hydrogen-bond acceptors (Lipinski definition) is 11. The van der Waals surface area contributed by atoms with E-state index in [9.17, 15) is 9.59 Å².